The number of hydrogen-bond donors (Lipinski definition) is 0. The molecule has 0 fully saturated rings. The van der Waals surface area contributed by atoms with Crippen LogP contribution in [0, 0.1) is 40.6 Å². The van der Waals surface area contributed by atoms with Crippen LogP contribution in [0.2, 0.25) is 0 Å². The van der Waals surface area contributed by atoms with Crippen LogP contribution in [0.4, 0.5) is 5.82 Å². The molecule has 0 N–H and O–H groups in total. The lowest BCUT2D eigenvalue weighted by Gasteiger charge is -2.25. The molecule has 0 atom stereocenters. The van der Waals surface area contributed by atoms with Crippen molar-refractivity contribution in [2.24, 2.45) is 0 Å². The van der Waals surface area contributed by atoms with E-state index in [1.165, 1.54) is 0 Å². The van der Waals surface area contributed by atoms with E-state index in [0.717, 1.165) is 11.4 Å². The van der Waals surface area contributed by atoms with Gasteiger partial charge in [0.2, 0.25) is 5.69 Å². The van der Waals surface area contributed by atoms with E-state index in [4.69, 9.17) is 27.1 Å². The highest BCUT2D eigenvalue weighted by atomic mass is 14.9. The maximum Gasteiger partial charge on any atom is 0.280 e. The number of aromatic nitrogens is 4. The largest absolute Gasteiger partial charge is 0.360 e. The second-order valence-corrected chi connectivity index (χ2v) is 8.05. The van der Waals surface area contributed by atoms with Gasteiger partial charge in [-0.05, 0) is 56.3 Å². The molecule has 0 unspecified atom stereocenters. The highest BCUT2D eigenvalue weighted by Crippen LogP contribution is 2.34. The van der Waals surface area contributed by atoms with Gasteiger partial charge in [-0.15, -0.1) is 4.98 Å². The van der Waals surface area contributed by atoms with Gasteiger partial charge in [0.15, 0.2) is 5.69 Å². The lowest BCUT2D eigenvalue weighted by atomic mass is 9.84. The van der Waals surface area contributed by atoms with Gasteiger partial charge in [-0.1, -0.05) is 24.8 Å². The maximum absolute atomic E-state index is 9.52. The predicted molar refractivity (Wildman–Crippen MR) is 127 cm³/mol. The van der Waals surface area contributed by atoms with Crippen LogP contribution in [0.15, 0.2) is 60.7 Å². The molecule has 0 amide bonds. The first-order valence-electron chi connectivity index (χ1n) is 10.5. The van der Waals surface area contributed by atoms with Crippen LogP contribution >= 0.6 is 0 Å². The average Bonchev–Trinajstić information content (AvgIpc) is 2.92. The van der Waals surface area contributed by atoms with Gasteiger partial charge in [-0.25, -0.2) is 4.98 Å². The molecule has 0 aliphatic heterocycles. The van der Waals surface area contributed by atoms with E-state index in [1.54, 1.807) is 36.4 Å². The van der Waals surface area contributed by atoms with Gasteiger partial charge >= 0.3 is 0 Å². The van der Waals surface area contributed by atoms with Crippen LogP contribution in [-0.2, 0) is 5.41 Å². The number of rotatable bonds is 4. The minimum Gasteiger partial charge on any atom is -0.360 e. The van der Waals surface area contributed by atoms with Crippen molar-refractivity contribution in [2.75, 3.05) is 0 Å². The lowest BCUT2D eigenvalue weighted by molar-refractivity contribution is 0.597. The van der Waals surface area contributed by atoms with Crippen LogP contribution in [-0.4, -0.2) is 19.9 Å². The van der Waals surface area contributed by atoms with Crippen molar-refractivity contribution in [1.82, 2.24) is 19.9 Å². The standard InChI is InChI=1S/C27H16N8/c1-27(2,24-8-4-6-21(34-24)19-12-10-17(14-28)32-23(19)16-30)25-9-5-7-22(35-25)20-13-11-18(15-29)33-26(20)31-3/h4-13H,1-2H3. The zero-order valence-electron chi connectivity index (χ0n) is 18.9. The van der Waals surface area contributed by atoms with E-state index in [2.05, 4.69) is 14.8 Å². The zero-order valence-corrected chi connectivity index (χ0v) is 18.9. The molecular formula is C27H16N8. The van der Waals surface area contributed by atoms with Gasteiger partial charge in [0.05, 0.1) is 22.8 Å². The maximum atomic E-state index is 9.52. The molecule has 8 nitrogen and oxygen atoms in total. The zero-order chi connectivity index (χ0) is 25.0. The molecule has 0 aliphatic carbocycles. The molecule has 0 aromatic carbocycles. The summed E-state index contributed by atoms with van der Waals surface area (Å²) in [7, 11) is 0. The first-order chi connectivity index (χ1) is 16.9. The van der Waals surface area contributed by atoms with Crippen molar-refractivity contribution in [3.63, 3.8) is 0 Å². The summed E-state index contributed by atoms with van der Waals surface area (Å²) in [5.74, 6) is 0.115. The first kappa shape index (κ1) is 22.7. The Morgan fingerprint density at radius 1 is 0.686 bits per heavy atom. The molecule has 164 valence electrons. The van der Waals surface area contributed by atoms with Crippen LogP contribution < -0.4 is 0 Å². The number of pyridine rings is 4. The lowest BCUT2D eigenvalue weighted by Crippen LogP contribution is -2.22. The van der Waals surface area contributed by atoms with Crippen molar-refractivity contribution in [3.8, 4) is 40.7 Å². The number of nitriles is 3. The van der Waals surface area contributed by atoms with Gasteiger partial charge < -0.3 is 4.85 Å². The van der Waals surface area contributed by atoms with Crippen molar-refractivity contribution in [1.29, 1.82) is 15.8 Å². The summed E-state index contributed by atoms with van der Waals surface area (Å²) in [6.45, 7) is 11.4. The Bertz CT molecular complexity index is 1500. The summed E-state index contributed by atoms with van der Waals surface area (Å²) in [6.07, 6.45) is 0. The van der Waals surface area contributed by atoms with Crippen LogP contribution in [0.25, 0.3) is 27.4 Å². The fourth-order valence-electron chi connectivity index (χ4n) is 3.61. The van der Waals surface area contributed by atoms with Crippen molar-refractivity contribution in [2.45, 2.75) is 19.3 Å². The third-order valence-electron chi connectivity index (χ3n) is 5.54. The molecular weight excluding hydrogens is 436 g/mol. The molecule has 0 spiro atoms. The smallest absolute Gasteiger partial charge is 0.280 e. The van der Waals surface area contributed by atoms with Gasteiger partial charge in [-0.3, -0.25) is 9.97 Å². The topological polar surface area (TPSA) is 127 Å². The number of nitrogens with zero attached hydrogens (tertiary/aromatic N) is 8. The summed E-state index contributed by atoms with van der Waals surface area (Å²) in [6, 6.07) is 23.5. The first-order valence-corrected chi connectivity index (χ1v) is 10.5. The third-order valence-corrected chi connectivity index (χ3v) is 5.54. The van der Waals surface area contributed by atoms with E-state index >= 15 is 0 Å². The van der Waals surface area contributed by atoms with E-state index in [9.17, 15) is 5.26 Å². The minimum atomic E-state index is -0.628. The molecule has 0 saturated heterocycles. The molecule has 8 heteroatoms. The molecule has 0 radical (unpaired) electrons. The minimum absolute atomic E-state index is 0.115. The normalized spacial score (nSPS) is 10.5. The van der Waals surface area contributed by atoms with E-state index in [0.29, 0.717) is 22.5 Å². The molecule has 0 saturated carbocycles. The van der Waals surface area contributed by atoms with Gasteiger partial charge in [-0.2, -0.15) is 15.8 Å². The summed E-state index contributed by atoms with van der Waals surface area (Å²) in [5, 5.41) is 27.7. The molecule has 4 aromatic heterocycles. The van der Waals surface area contributed by atoms with Gasteiger partial charge in [0.25, 0.3) is 5.82 Å². The monoisotopic (exact) mass is 452 g/mol. The summed E-state index contributed by atoms with van der Waals surface area (Å²) >= 11 is 0. The Hall–Kier alpha value is -5.44. The van der Waals surface area contributed by atoms with Crippen LogP contribution in [0.5, 0.6) is 0 Å². The highest BCUT2D eigenvalue weighted by molar-refractivity contribution is 5.74. The van der Waals surface area contributed by atoms with Crippen molar-refractivity contribution >= 4 is 5.82 Å². The fraction of sp³-hybridized carbons (Fsp3) is 0.111. The second-order valence-electron chi connectivity index (χ2n) is 8.05. The molecule has 0 bridgehead atoms. The molecule has 4 rings (SSSR count). The molecule has 35 heavy (non-hydrogen) atoms. The predicted octanol–water partition coefficient (Wildman–Crippen LogP) is 5.09. The Morgan fingerprint density at radius 2 is 1.23 bits per heavy atom. The van der Waals surface area contributed by atoms with Gasteiger partial charge in [0.1, 0.15) is 23.9 Å². The quantitative estimate of drug-likeness (QED) is 0.394. The Morgan fingerprint density at radius 3 is 1.77 bits per heavy atom. The summed E-state index contributed by atoms with van der Waals surface area (Å²) < 4.78 is 0. The molecule has 4 heterocycles. The fourth-order valence-corrected chi connectivity index (χ4v) is 3.61. The number of hydrogen-bond acceptors (Lipinski definition) is 7. The SMILES string of the molecule is [C-]#[N+]c1nc(C#N)ccc1-c1cccc(C(C)(C)c2cccc(-c3ccc(C#N)nc3C#N)n2)n1. The van der Waals surface area contributed by atoms with Gasteiger partial charge in [0, 0.05) is 16.5 Å². The average molecular weight is 452 g/mol. The molecule has 4 aromatic rings. The van der Waals surface area contributed by atoms with Crippen LogP contribution in [0.1, 0.15) is 42.3 Å². The van der Waals surface area contributed by atoms with Crippen molar-refractivity contribution in [3.05, 3.63) is 101 Å². The van der Waals surface area contributed by atoms with E-state index in [1.807, 2.05) is 56.3 Å². The van der Waals surface area contributed by atoms with E-state index in [-0.39, 0.29) is 22.9 Å². The third kappa shape index (κ3) is 4.29. The highest BCUT2D eigenvalue weighted by Gasteiger charge is 2.27. The van der Waals surface area contributed by atoms with E-state index < -0.39 is 5.41 Å². The summed E-state index contributed by atoms with van der Waals surface area (Å²) in [5.41, 5.74) is 3.49. The summed E-state index contributed by atoms with van der Waals surface area (Å²) in [4.78, 5) is 21.2. The Labute approximate surface area is 202 Å². The second kappa shape index (κ2) is 9.20. The molecule has 0 aliphatic rings. The Balaban J connectivity index is 1.78. The van der Waals surface area contributed by atoms with Crippen LogP contribution in [0.3, 0.4) is 0 Å². The Kier molecular flexibility index (Phi) is 5.98. The van der Waals surface area contributed by atoms with Crippen molar-refractivity contribution < 1.29 is 0 Å².